The van der Waals surface area contributed by atoms with Gasteiger partial charge >= 0.3 is 5.97 Å². The number of aromatic hydroxyl groups is 1. The van der Waals surface area contributed by atoms with Crippen LogP contribution in [0.2, 0.25) is 5.02 Å². The van der Waals surface area contributed by atoms with Gasteiger partial charge in [0.25, 0.3) is 5.56 Å². The molecule has 0 fully saturated rings. The summed E-state index contributed by atoms with van der Waals surface area (Å²) in [6.07, 6.45) is 0.129. The number of fused-ring (bicyclic) bond motifs is 1. The smallest absolute Gasteiger partial charge is 0.343 e. The first-order valence-electron chi connectivity index (χ1n) is 7.68. The number of aromatic nitrogens is 3. The Bertz CT molecular complexity index is 1020. The average molecular weight is 362 g/mol. The third-order valence-electron chi connectivity index (χ3n) is 3.84. The van der Waals surface area contributed by atoms with Crippen LogP contribution in [0, 0.1) is 6.92 Å². The maximum absolute atomic E-state index is 12.5. The minimum Gasteiger partial charge on any atom is -0.493 e. The Morgan fingerprint density at radius 3 is 2.80 bits per heavy atom. The molecule has 8 heteroatoms. The molecule has 0 spiro atoms. The lowest BCUT2D eigenvalue weighted by atomic mass is 10.1. The molecule has 2 aromatic heterocycles. The number of H-pyrrole nitrogens is 1. The summed E-state index contributed by atoms with van der Waals surface area (Å²) in [6.45, 7) is 3.47. The highest BCUT2D eigenvalue weighted by atomic mass is 35.5. The molecule has 2 N–H and O–H groups in total. The fourth-order valence-corrected chi connectivity index (χ4v) is 2.85. The van der Waals surface area contributed by atoms with Crippen LogP contribution in [0.4, 0.5) is 0 Å². The number of carbonyl (C=O) groups is 1. The Morgan fingerprint density at radius 2 is 2.12 bits per heavy atom. The van der Waals surface area contributed by atoms with Gasteiger partial charge in [-0.1, -0.05) is 29.8 Å². The number of nitrogens with zero attached hydrogens (tertiary/aromatic N) is 2. The highest BCUT2D eigenvalue weighted by Gasteiger charge is 2.23. The lowest BCUT2D eigenvalue weighted by Crippen LogP contribution is -2.17. The zero-order chi connectivity index (χ0) is 18.1. The molecule has 0 aliphatic rings. The van der Waals surface area contributed by atoms with Crippen molar-refractivity contribution < 1.29 is 14.6 Å². The first kappa shape index (κ1) is 17.0. The number of hydrogen-bond donors (Lipinski definition) is 2. The number of esters is 1. The fourth-order valence-electron chi connectivity index (χ4n) is 2.65. The SMILES string of the molecule is CCOC(=O)c1c(C)nn2c(O)c(Cc3ccccc3Cl)c(=O)[nH]c12. The molecular weight excluding hydrogens is 346 g/mol. The van der Waals surface area contributed by atoms with Crippen molar-refractivity contribution in [1.82, 2.24) is 14.6 Å². The fraction of sp³-hybridized carbons (Fsp3) is 0.235. The monoisotopic (exact) mass is 361 g/mol. The third-order valence-corrected chi connectivity index (χ3v) is 4.21. The van der Waals surface area contributed by atoms with Crippen LogP contribution in [-0.2, 0) is 11.2 Å². The zero-order valence-corrected chi connectivity index (χ0v) is 14.4. The summed E-state index contributed by atoms with van der Waals surface area (Å²) in [6, 6.07) is 7.05. The summed E-state index contributed by atoms with van der Waals surface area (Å²) in [5.74, 6) is -0.943. The van der Waals surface area contributed by atoms with Gasteiger partial charge in [-0.3, -0.25) is 4.79 Å². The third kappa shape index (κ3) is 2.98. The standard InChI is InChI=1S/C17H16ClN3O4/c1-3-25-17(24)13-9(2)20-21-14(13)19-15(22)11(16(21)23)8-10-6-4-5-7-12(10)18/h4-7,23H,3,8H2,1-2H3,(H,19,22). The van der Waals surface area contributed by atoms with Crippen molar-refractivity contribution in [2.24, 2.45) is 0 Å². The summed E-state index contributed by atoms with van der Waals surface area (Å²) in [5.41, 5.74) is 0.854. The maximum Gasteiger partial charge on any atom is 0.343 e. The predicted molar refractivity (Wildman–Crippen MR) is 92.4 cm³/mol. The number of ether oxygens (including phenoxy) is 1. The maximum atomic E-state index is 12.5. The molecule has 0 radical (unpaired) electrons. The molecule has 130 valence electrons. The van der Waals surface area contributed by atoms with E-state index in [1.807, 2.05) is 0 Å². The van der Waals surface area contributed by atoms with Gasteiger partial charge in [0, 0.05) is 11.4 Å². The van der Waals surface area contributed by atoms with Crippen molar-refractivity contribution in [3.63, 3.8) is 0 Å². The molecular formula is C17H16ClN3O4. The number of hydrogen-bond acceptors (Lipinski definition) is 5. The number of carbonyl (C=O) groups excluding carboxylic acids is 1. The van der Waals surface area contributed by atoms with Gasteiger partial charge in [0.1, 0.15) is 5.56 Å². The highest BCUT2D eigenvalue weighted by molar-refractivity contribution is 6.31. The number of rotatable bonds is 4. The van der Waals surface area contributed by atoms with Crippen molar-refractivity contribution in [3.8, 4) is 5.88 Å². The molecule has 2 heterocycles. The molecule has 0 bridgehead atoms. The largest absolute Gasteiger partial charge is 0.493 e. The van der Waals surface area contributed by atoms with Crippen LogP contribution in [0.1, 0.15) is 34.1 Å². The Kier molecular flexibility index (Phi) is 4.50. The molecule has 3 aromatic rings. The molecule has 0 saturated heterocycles. The zero-order valence-electron chi connectivity index (χ0n) is 13.7. The highest BCUT2D eigenvalue weighted by Crippen LogP contribution is 2.24. The van der Waals surface area contributed by atoms with Gasteiger partial charge in [-0.25, -0.2) is 4.79 Å². The van der Waals surface area contributed by atoms with E-state index in [1.54, 1.807) is 38.1 Å². The van der Waals surface area contributed by atoms with E-state index in [1.165, 1.54) is 0 Å². The quantitative estimate of drug-likeness (QED) is 0.696. The van der Waals surface area contributed by atoms with Crippen molar-refractivity contribution >= 4 is 23.2 Å². The molecule has 1 aromatic carbocycles. The summed E-state index contributed by atoms with van der Waals surface area (Å²) in [5, 5.41) is 15.2. The van der Waals surface area contributed by atoms with Gasteiger partial charge in [0.2, 0.25) is 5.88 Å². The second-order valence-electron chi connectivity index (χ2n) is 5.47. The molecule has 3 rings (SSSR count). The van der Waals surface area contributed by atoms with Crippen LogP contribution >= 0.6 is 11.6 Å². The van der Waals surface area contributed by atoms with Crippen LogP contribution in [0.3, 0.4) is 0 Å². The van der Waals surface area contributed by atoms with Gasteiger partial charge in [-0.2, -0.15) is 9.61 Å². The molecule has 0 atom stereocenters. The van der Waals surface area contributed by atoms with E-state index < -0.39 is 11.5 Å². The number of halogens is 1. The van der Waals surface area contributed by atoms with Gasteiger partial charge in [0.15, 0.2) is 5.65 Å². The minimum absolute atomic E-state index is 0.0985. The Labute approximate surface area is 147 Å². The van der Waals surface area contributed by atoms with E-state index in [4.69, 9.17) is 16.3 Å². The van der Waals surface area contributed by atoms with Crippen LogP contribution in [-0.4, -0.2) is 32.3 Å². The van der Waals surface area contributed by atoms with Crippen molar-refractivity contribution in [1.29, 1.82) is 0 Å². The second kappa shape index (κ2) is 6.60. The number of aromatic amines is 1. The molecule has 0 unspecified atom stereocenters. The number of aryl methyl sites for hydroxylation is 1. The summed E-state index contributed by atoms with van der Waals surface area (Å²) in [4.78, 5) is 27.2. The summed E-state index contributed by atoms with van der Waals surface area (Å²) in [7, 11) is 0. The topological polar surface area (TPSA) is 96.7 Å². The second-order valence-corrected chi connectivity index (χ2v) is 5.87. The average Bonchev–Trinajstić information content (AvgIpc) is 2.89. The number of nitrogens with one attached hydrogen (secondary N) is 1. The van der Waals surface area contributed by atoms with E-state index in [0.717, 1.165) is 4.52 Å². The molecule has 0 saturated carbocycles. The first-order chi connectivity index (χ1) is 11.9. The predicted octanol–water partition coefficient (Wildman–Crippen LogP) is 2.46. The van der Waals surface area contributed by atoms with Crippen LogP contribution < -0.4 is 5.56 Å². The lowest BCUT2D eigenvalue weighted by Gasteiger charge is -2.07. The molecule has 0 amide bonds. The van der Waals surface area contributed by atoms with E-state index in [2.05, 4.69) is 10.1 Å². The Morgan fingerprint density at radius 1 is 1.40 bits per heavy atom. The molecule has 0 aliphatic carbocycles. The summed E-state index contributed by atoms with van der Waals surface area (Å²) < 4.78 is 6.12. The van der Waals surface area contributed by atoms with Gasteiger partial charge < -0.3 is 14.8 Å². The van der Waals surface area contributed by atoms with Gasteiger partial charge in [-0.15, -0.1) is 0 Å². The van der Waals surface area contributed by atoms with Gasteiger partial charge in [-0.05, 0) is 25.5 Å². The van der Waals surface area contributed by atoms with Crippen LogP contribution in [0.5, 0.6) is 5.88 Å². The van der Waals surface area contributed by atoms with Crippen molar-refractivity contribution in [3.05, 3.63) is 62.0 Å². The normalized spacial score (nSPS) is 11.0. The van der Waals surface area contributed by atoms with Crippen LogP contribution in [0.25, 0.3) is 5.65 Å². The number of benzene rings is 1. The molecule has 0 aliphatic heterocycles. The Hall–Kier alpha value is -2.80. The molecule has 7 nitrogen and oxygen atoms in total. The van der Waals surface area contributed by atoms with Crippen molar-refractivity contribution in [2.75, 3.05) is 6.61 Å². The van der Waals surface area contributed by atoms with E-state index >= 15 is 0 Å². The van der Waals surface area contributed by atoms with E-state index in [-0.39, 0.29) is 35.7 Å². The lowest BCUT2D eigenvalue weighted by molar-refractivity contribution is 0.0527. The van der Waals surface area contributed by atoms with Crippen LogP contribution in [0.15, 0.2) is 29.1 Å². The van der Waals surface area contributed by atoms with Crippen molar-refractivity contribution in [2.45, 2.75) is 20.3 Å². The Balaban J connectivity index is 2.16. The first-order valence-corrected chi connectivity index (χ1v) is 8.05. The minimum atomic E-state index is -0.607. The molecule has 25 heavy (non-hydrogen) atoms. The van der Waals surface area contributed by atoms with E-state index in [0.29, 0.717) is 16.3 Å². The van der Waals surface area contributed by atoms with Gasteiger partial charge in [0.05, 0.1) is 17.9 Å². The summed E-state index contributed by atoms with van der Waals surface area (Å²) >= 11 is 6.13. The van der Waals surface area contributed by atoms with E-state index in [9.17, 15) is 14.7 Å².